The number of ether oxygens (including phenoxy) is 2. The molecule has 0 spiro atoms. The number of amides is 10. The molecule has 10 aliphatic rings. The van der Waals surface area contributed by atoms with E-state index < -0.39 is 0 Å². The van der Waals surface area contributed by atoms with Gasteiger partial charge in [0.25, 0.3) is 11.8 Å². The van der Waals surface area contributed by atoms with Crippen molar-refractivity contribution in [3.05, 3.63) is 287 Å². The third-order valence-electron chi connectivity index (χ3n) is 28.5. The van der Waals surface area contributed by atoms with Gasteiger partial charge in [0.05, 0.1) is 87.2 Å². The third kappa shape index (κ3) is 19.4. The van der Waals surface area contributed by atoms with Crippen LogP contribution in [0.1, 0.15) is 153 Å². The van der Waals surface area contributed by atoms with Crippen molar-refractivity contribution in [2.45, 2.75) is 176 Å². The van der Waals surface area contributed by atoms with Gasteiger partial charge in [0, 0.05) is 101 Å². The number of rotatable bonds is 18. The summed E-state index contributed by atoms with van der Waals surface area (Å²) in [5.74, 6) is -0.584. The molecule has 12 atom stereocenters. The van der Waals surface area contributed by atoms with Crippen molar-refractivity contribution in [1.82, 2.24) is 69.8 Å². The number of aryl methyl sites for hydroxylation is 4. The van der Waals surface area contributed by atoms with E-state index >= 15 is 0 Å². The summed E-state index contributed by atoms with van der Waals surface area (Å²) in [6, 6.07) is 67.0. The number of aromatic nitrogens is 4. The van der Waals surface area contributed by atoms with Crippen LogP contribution >= 0.6 is 0 Å². The monoisotopic (exact) mass is 1780 g/mol. The highest BCUT2D eigenvalue weighted by Crippen LogP contribution is 2.49. The van der Waals surface area contributed by atoms with Crippen LogP contribution in [0, 0.1) is 27.7 Å². The van der Waals surface area contributed by atoms with Gasteiger partial charge in [-0.2, -0.15) is 0 Å². The summed E-state index contributed by atoms with van der Waals surface area (Å²) in [6.07, 6.45) is 20.1. The van der Waals surface area contributed by atoms with E-state index in [0.29, 0.717) is 39.4 Å². The molecule has 0 radical (unpaired) electrons. The molecule has 132 heavy (non-hydrogen) atoms. The van der Waals surface area contributed by atoms with Crippen LogP contribution in [-0.4, -0.2) is 270 Å². The molecule has 10 heterocycles. The van der Waals surface area contributed by atoms with Crippen LogP contribution in [-0.2, 0) is 28.7 Å². The molecule has 684 valence electrons. The number of hydrogen-bond acceptors (Lipinski definition) is 16. The minimum Gasteiger partial charge on any atom is -0.394 e. The molecule has 8 aliphatic heterocycles. The van der Waals surface area contributed by atoms with Crippen LogP contribution in [0.25, 0.3) is 44.5 Å². The van der Waals surface area contributed by atoms with E-state index in [1.807, 2.05) is 15.9 Å². The predicted octanol–water partition coefficient (Wildman–Crippen LogP) is 13.2. The number of methoxy groups -OCH3 is 2. The second-order valence-corrected chi connectivity index (χ2v) is 37.0. The van der Waals surface area contributed by atoms with E-state index in [1.165, 1.54) is 118 Å². The first kappa shape index (κ1) is 91.0. The molecule has 0 bridgehead atoms. The Labute approximate surface area is 771 Å². The fourth-order valence-corrected chi connectivity index (χ4v) is 22.0. The van der Waals surface area contributed by atoms with Gasteiger partial charge in [-0.15, -0.1) is 0 Å². The molecule has 2 saturated carbocycles. The van der Waals surface area contributed by atoms with Crippen molar-refractivity contribution in [1.29, 1.82) is 0 Å². The van der Waals surface area contributed by atoms with Crippen LogP contribution in [0.15, 0.2) is 231 Å². The van der Waals surface area contributed by atoms with E-state index in [9.17, 15) is 48.6 Å². The van der Waals surface area contributed by atoms with Crippen molar-refractivity contribution in [2.75, 3.05) is 93.0 Å². The van der Waals surface area contributed by atoms with Crippen LogP contribution in [0.3, 0.4) is 0 Å². The van der Waals surface area contributed by atoms with Gasteiger partial charge in [0.1, 0.15) is 37.6 Å². The van der Waals surface area contributed by atoms with Gasteiger partial charge in [0.15, 0.2) is 0 Å². The first-order valence-corrected chi connectivity index (χ1v) is 46.6. The maximum absolute atomic E-state index is 13.0. The number of nitrogens with one attached hydrogen (secondary N) is 2. The summed E-state index contributed by atoms with van der Waals surface area (Å²) in [6.45, 7) is 11.3. The van der Waals surface area contributed by atoms with E-state index in [4.69, 9.17) is 9.47 Å². The smallest absolute Gasteiger partial charge is 0.318 e. The van der Waals surface area contributed by atoms with E-state index in [1.54, 1.807) is 38.7 Å². The summed E-state index contributed by atoms with van der Waals surface area (Å²) in [4.78, 5) is 133. The van der Waals surface area contributed by atoms with Gasteiger partial charge in [-0.05, 0) is 120 Å². The number of carbonyl (C=O) groups excluding carboxylic acids is 8. The Morgan fingerprint density at radius 2 is 0.621 bits per heavy atom. The lowest BCUT2D eigenvalue weighted by molar-refractivity contribution is -0.161. The first-order valence-electron chi connectivity index (χ1n) is 46.6. The van der Waals surface area contributed by atoms with Crippen LogP contribution in [0.2, 0.25) is 0 Å². The highest BCUT2D eigenvalue weighted by atomic mass is 16.5. The summed E-state index contributed by atoms with van der Waals surface area (Å²) in [5.41, 5.74) is 19.2. The molecule has 4 unspecified atom stereocenters. The molecule has 26 nitrogen and oxygen atoms in total. The standard InChI is InChI=1S/C28H35N3O3.C27H33N3O3.C26H26N4O3.C25H24N4O3/c1-19-7-6-8-22(15-19)20-11-13-21(14-12-20)27-24-16-30(17-26(32)31(24)25(27)18-34-2)28(33)29-23-9-4-3-5-10-23;1-18-6-5-7-21(14-18)19-10-12-20(13-11-19)26-23-15-29(16-25(32)30(23)24(26)17-31)27(33)28-22-8-3-2-4-9-22;1-17-4-3-5-20(12-17)18-6-8-19(9-7-18)25-22-14-29(26(32)21-13-27-10-11-28-21)15-24(31)30(22)23(25)16-33-2;1-16-3-2-4-19(11-16)17-5-7-18(8-6-17)24-21-13-28(14-23(31)29(21)22(24)15-30)25(32)20-12-26-9-10-27-20/h6-8,11-15,23-25,27H,3-5,9-10,16-18H2,1-2H3,(H,29,33);5-7,10-14,22-24,26,31H,2-4,8-9,15-17H2,1H3,(H,28,33);3-13,22-23,25H,14-16H2,1-2H3;2-12,21-22,24,30H,13-15H2,1H3/t24?,25-,27+;23?,24-,26+;22?,23-,25+;21?,22-,24+/m1111/s1. The SMILES string of the molecule is COC[C@@H]1[C@@H](c2ccc(-c3cccc(C)c3)cc2)C2CN(C(=O)NC3CCCCC3)CC(=O)N21.COC[C@@H]1[C@@H](c2ccc(-c3cccc(C)c3)cc2)C2CN(C(=O)c3cnccn3)CC(=O)N21.Cc1cccc(-c2ccc([C@H]3C4CN(C(=O)NC5CCCCC5)CC(=O)N4[C@@H]3CO)cc2)c1.Cc1cccc(-c2ccc([C@H]3C4CN(C(=O)c5cnccn5)CC(=O)N4[C@@H]3CO)cc2)c1. The van der Waals surface area contributed by atoms with Gasteiger partial charge in [-0.1, -0.05) is 255 Å². The highest BCUT2D eigenvalue weighted by molar-refractivity contribution is 5.97. The number of aliphatic hydroxyl groups excluding tert-OH is 2. The molecule has 10 aromatic rings. The molecule has 10 fully saturated rings. The maximum Gasteiger partial charge on any atom is 0.318 e. The molecule has 8 saturated heterocycles. The lowest BCUT2D eigenvalue weighted by Crippen LogP contribution is -2.74. The third-order valence-corrected chi connectivity index (χ3v) is 28.5. The van der Waals surface area contributed by atoms with Crippen molar-refractivity contribution in [2.24, 2.45) is 0 Å². The van der Waals surface area contributed by atoms with Crippen LogP contribution < -0.4 is 10.6 Å². The number of piperazine rings is 4. The zero-order chi connectivity index (χ0) is 91.8. The molecule has 4 N–H and O–H groups in total. The summed E-state index contributed by atoms with van der Waals surface area (Å²) in [7, 11) is 3.34. The number of benzene rings is 8. The highest BCUT2D eigenvalue weighted by Gasteiger charge is 2.59. The lowest BCUT2D eigenvalue weighted by atomic mass is 9.73. The van der Waals surface area contributed by atoms with Crippen molar-refractivity contribution in [3.63, 3.8) is 0 Å². The number of fused-ring (bicyclic) bond motifs is 4. The molecule has 26 heteroatoms. The molecule has 8 aromatic carbocycles. The number of carbonyl (C=O) groups is 8. The van der Waals surface area contributed by atoms with E-state index in [2.05, 4.69) is 246 Å². The van der Waals surface area contributed by atoms with Crippen LogP contribution in [0.5, 0.6) is 0 Å². The van der Waals surface area contributed by atoms with Gasteiger partial charge in [-0.25, -0.2) is 19.6 Å². The molecule has 2 aliphatic carbocycles. The van der Waals surface area contributed by atoms with Crippen molar-refractivity contribution < 1.29 is 58.0 Å². The van der Waals surface area contributed by atoms with Crippen molar-refractivity contribution >= 4 is 47.5 Å². The second-order valence-electron chi connectivity index (χ2n) is 37.0. The normalized spacial score (nSPS) is 23.7. The Balaban J connectivity index is 0.000000123. The Morgan fingerprint density at radius 3 is 0.886 bits per heavy atom. The first-order chi connectivity index (χ1) is 64.2. The van der Waals surface area contributed by atoms with E-state index in [0.717, 1.165) is 77.5 Å². The second kappa shape index (κ2) is 40.9. The Bertz CT molecular complexity index is 5770. The largest absolute Gasteiger partial charge is 0.394 e. The van der Waals surface area contributed by atoms with Gasteiger partial charge in [0.2, 0.25) is 23.6 Å². The summed E-state index contributed by atoms with van der Waals surface area (Å²) in [5, 5.41) is 26.4. The number of urea groups is 2. The fourth-order valence-electron chi connectivity index (χ4n) is 22.0. The van der Waals surface area contributed by atoms with Crippen LogP contribution in [0.4, 0.5) is 9.59 Å². The van der Waals surface area contributed by atoms with Gasteiger partial charge in [-0.3, -0.25) is 38.7 Å². The summed E-state index contributed by atoms with van der Waals surface area (Å²) >= 11 is 0. The zero-order valence-corrected chi connectivity index (χ0v) is 75.9. The molecular weight excluding hydrogens is 1660 g/mol. The fraction of sp³-hybridized carbons (Fsp3) is 0.396. The summed E-state index contributed by atoms with van der Waals surface area (Å²) < 4.78 is 10.9. The number of hydrogen-bond donors (Lipinski definition) is 4. The topological polar surface area (TPSA) is 297 Å². The lowest BCUT2D eigenvalue weighted by Gasteiger charge is -2.59. The quantitative estimate of drug-likeness (QED) is 0.0621. The Kier molecular flexibility index (Phi) is 28.2. The number of aliphatic hydroxyl groups is 2. The Morgan fingerprint density at radius 1 is 0.348 bits per heavy atom. The van der Waals surface area contributed by atoms with Gasteiger partial charge < -0.3 is 69.5 Å². The molecule has 10 amide bonds. The molecule has 20 rings (SSSR count). The molecular formula is C106H118N14O12. The van der Waals surface area contributed by atoms with Gasteiger partial charge >= 0.3 is 12.1 Å². The van der Waals surface area contributed by atoms with E-state index in [-0.39, 0.29) is 182 Å². The minimum absolute atomic E-state index is 0.0101. The average molecular weight is 1780 g/mol. The minimum atomic E-state index is -0.299. The van der Waals surface area contributed by atoms with Crippen molar-refractivity contribution in [3.8, 4) is 44.5 Å². The maximum atomic E-state index is 13.0. The predicted molar refractivity (Wildman–Crippen MR) is 503 cm³/mol. The molecule has 2 aromatic heterocycles. The zero-order valence-electron chi connectivity index (χ0n) is 75.9. The number of nitrogens with zero attached hydrogens (tertiary/aromatic N) is 12. The Hall–Kier alpha value is -12.9. The average Bonchev–Trinajstić information content (AvgIpc) is 0.747.